The number of rotatable bonds is 1. The van der Waals surface area contributed by atoms with Crippen molar-refractivity contribution >= 4 is 12.6 Å². The van der Waals surface area contributed by atoms with Crippen LogP contribution in [0.25, 0.3) is 0 Å². The number of nitrogens with two attached hydrogens (primary N) is 1. The SMILES string of the molecule is C=NN1CCCC(=O)N(C)CCOC/C1=C/N. The predicted octanol–water partition coefficient (Wildman–Crippen LogP) is -0.0271. The zero-order valence-corrected chi connectivity index (χ0v) is 10.3. The smallest absolute Gasteiger partial charge is 0.222 e. The maximum Gasteiger partial charge on any atom is 0.222 e. The molecule has 0 aromatic carbocycles. The predicted molar refractivity (Wildman–Crippen MR) is 66.2 cm³/mol. The van der Waals surface area contributed by atoms with E-state index in [0.717, 1.165) is 12.1 Å². The molecule has 0 aromatic heterocycles. The van der Waals surface area contributed by atoms with E-state index >= 15 is 0 Å². The molecule has 6 heteroatoms. The second kappa shape index (κ2) is 6.90. The monoisotopic (exact) mass is 240 g/mol. The molecule has 1 amide bonds. The summed E-state index contributed by atoms with van der Waals surface area (Å²) in [6.07, 6.45) is 2.69. The topological polar surface area (TPSA) is 71.2 Å². The van der Waals surface area contributed by atoms with Crippen LogP contribution in [0.15, 0.2) is 17.0 Å². The van der Waals surface area contributed by atoms with E-state index in [0.29, 0.717) is 32.7 Å². The van der Waals surface area contributed by atoms with Crippen LogP contribution in [-0.4, -0.2) is 55.9 Å². The molecule has 0 bridgehead atoms. The zero-order valence-electron chi connectivity index (χ0n) is 10.3. The molecule has 17 heavy (non-hydrogen) atoms. The first-order valence-corrected chi connectivity index (χ1v) is 5.65. The highest BCUT2D eigenvalue weighted by Gasteiger charge is 2.13. The highest BCUT2D eigenvalue weighted by atomic mass is 16.5. The summed E-state index contributed by atoms with van der Waals surface area (Å²) in [5.41, 5.74) is 6.30. The van der Waals surface area contributed by atoms with Gasteiger partial charge in [-0.15, -0.1) is 0 Å². The van der Waals surface area contributed by atoms with Gasteiger partial charge in [-0.25, -0.2) is 0 Å². The van der Waals surface area contributed by atoms with Gasteiger partial charge in [-0.3, -0.25) is 9.80 Å². The number of nitrogens with zero attached hydrogens (tertiary/aromatic N) is 3. The Morgan fingerprint density at radius 2 is 2.29 bits per heavy atom. The summed E-state index contributed by atoms with van der Waals surface area (Å²) in [6, 6.07) is 0. The normalized spacial score (nSPS) is 22.4. The highest BCUT2D eigenvalue weighted by molar-refractivity contribution is 5.75. The molecular formula is C11H20N4O2. The van der Waals surface area contributed by atoms with Gasteiger partial charge in [0.15, 0.2) is 0 Å². The lowest BCUT2D eigenvalue weighted by atomic mass is 10.2. The van der Waals surface area contributed by atoms with Crippen molar-refractivity contribution in [1.29, 1.82) is 0 Å². The fourth-order valence-electron chi connectivity index (χ4n) is 1.59. The van der Waals surface area contributed by atoms with Crippen LogP contribution in [0.4, 0.5) is 0 Å². The number of amides is 1. The Labute approximate surface area is 102 Å². The first-order valence-electron chi connectivity index (χ1n) is 5.65. The summed E-state index contributed by atoms with van der Waals surface area (Å²) >= 11 is 0. The van der Waals surface area contributed by atoms with Crippen LogP contribution in [0, 0.1) is 0 Å². The Balaban J connectivity index is 2.67. The van der Waals surface area contributed by atoms with E-state index in [-0.39, 0.29) is 5.91 Å². The van der Waals surface area contributed by atoms with Crippen LogP contribution in [0.2, 0.25) is 0 Å². The van der Waals surface area contributed by atoms with Crippen LogP contribution >= 0.6 is 0 Å². The van der Waals surface area contributed by atoms with Gasteiger partial charge in [-0.1, -0.05) is 0 Å². The lowest BCUT2D eigenvalue weighted by Crippen LogP contribution is -2.29. The molecule has 1 fully saturated rings. The third-order valence-electron chi connectivity index (χ3n) is 2.70. The number of ether oxygens (including phenoxy) is 1. The van der Waals surface area contributed by atoms with Gasteiger partial charge in [0.25, 0.3) is 0 Å². The molecule has 1 aliphatic rings. The van der Waals surface area contributed by atoms with Crippen molar-refractivity contribution in [3.05, 3.63) is 11.9 Å². The molecule has 6 nitrogen and oxygen atoms in total. The molecule has 0 aliphatic carbocycles. The summed E-state index contributed by atoms with van der Waals surface area (Å²) in [7, 11) is 1.78. The number of carbonyl (C=O) groups is 1. The molecule has 0 unspecified atom stereocenters. The molecule has 0 atom stereocenters. The first-order chi connectivity index (χ1) is 8.19. The van der Waals surface area contributed by atoms with Gasteiger partial charge >= 0.3 is 0 Å². The van der Waals surface area contributed by atoms with Crippen LogP contribution in [0.1, 0.15) is 12.8 Å². The van der Waals surface area contributed by atoms with Gasteiger partial charge in [0.1, 0.15) is 0 Å². The van der Waals surface area contributed by atoms with Crippen molar-refractivity contribution in [1.82, 2.24) is 9.91 Å². The minimum Gasteiger partial charge on any atom is -0.403 e. The summed E-state index contributed by atoms with van der Waals surface area (Å²) in [4.78, 5) is 13.3. The zero-order chi connectivity index (χ0) is 12.7. The Kier molecular flexibility index (Phi) is 5.48. The molecule has 1 aliphatic heterocycles. The lowest BCUT2D eigenvalue weighted by molar-refractivity contribution is -0.130. The molecule has 2 N–H and O–H groups in total. The maximum absolute atomic E-state index is 11.7. The van der Waals surface area contributed by atoms with Crippen molar-refractivity contribution < 1.29 is 9.53 Å². The molecule has 96 valence electrons. The van der Waals surface area contributed by atoms with Crippen molar-refractivity contribution in [3.63, 3.8) is 0 Å². The summed E-state index contributed by atoms with van der Waals surface area (Å²) in [5, 5.41) is 5.56. The van der Waals surface area contributed by atoms with E-state index in [4.69, 9.17) is 10.5 Å². The quantitative estimate of drug-likeness (QED) is 0.653. The Morgan fingerprint density at radius 1 is 1.53 bits per heavy atom. The summed E-state index contributed by atoms with van der Waals surface area (Å²) in [5.74, 6) is 0.123. The third-order valence-corrected chi connectivity index (χ3v) is 2.70. The van der Waals surface area contributed by atoms with E-state index in [2.05, 4.69) is 11.8 Å². The second-order valence-electron chi connectivity index (χ2n) is 3.89. The number of hydrazone groups is 1. The van der Waals surface area contributed by atoms with Crippen LogP contribution < -0.4 is 5.73 Å². The summed E-state index contributed by atoms with van der Waals surface area (Å²) < 4.78 is 5.45. The molecule has 0 spiro atoms. The van der Waals surface area contributed by atoms with Crippen LogP contribution in [0.5, 0.6) is 0 Å². The van der Waals surface area contributed by atoms with Gasteiger partial charge in [-0.05, 0) is 6.42 Å². The fraction of sp³-hybridized carbons (Fsp3) is 0.636. The molecule has 1 rings (SSSR count). The average Bonchev–Trinajstić information content (AvgIpc) is 2.37. The molecule has 1 heterocycles. The van der Waals surface area contributed by atoms with E-state index < -0.39 is 0 Å². The molecule has 0 saturated carbocycles. The Morgan fingerprint density at radius 3 is 2.94 bits per heavy atom. The lowest BCUT2D eigenvalue weighted by Gasteiger charge is -2.20. The number of carbonyl (C=O) groups excluding carboxylic acids is 1. The number of hydrogen-bond acceptors (Lipinski definition) is 5. The minimum atomic E-state index is 0.123. The minimum absolute atomic E-state index is 0.123. The van der Waals surface area contributed by atoms with Crippen molar-refractivity contribution in [2.24, 2.45) is 10.8 Å². The summed E-state index contributed by atoms with van der Waals surface area (Å²) in [6.45, 7) is 5.59. The maximum atomic E-state index is 11.7. The number of likely N-dealkylation sites (N-methyl/N-ethyl adjacent to an activating group) is 1. The van der Waals surface area contributed by atoms with Crippen molar-refractivity contribution in [3.8, 4) is 0 Å². The van der Waals surface area contributed by atoms with E-state index in [1.807, 2.05) is 0 Å². The molecule has 0 radical (unpaired) electrons. The largest absolute Gasteiger partial charge is 0.403 e. The Hall–Kier alpha value is -1.56. The number of hydrogen-bond donors (Lipinski definition) is 1. The van der Waals surface area contributed by atoms with E-state index in [1.165, 1.54) is 6.20 Å². The van der Waals surface area contributed by atoms with Crippen LogP contribution in [-0.2, 0) is 9.53 Å². The van der Waals surface area contributed by atoms with Gasteiger partial charge in [-0.2, -0.15) is 5.10 Å². The first kappa shape index (κ1) is 13.5. The van der Waals surface area contributed by atoms with Gasteiger partial charge in [0, 0.05) is 39.5 Å². The van der Waals surface area contributed by atoms with E-state index in [9.17, 15) is 4.79 Å². The molecule has 1 saturated heterocycles. The van der Waals surface area contributed by atoms with Crippen LogP contribution in [0.3, 0.4) is 0 Å². The average molecular weight is 240 g/mol. The highest BCUT2D eigenvalue weighted by Crippen LogP contribution is 2.08. The second-order valence-corrected chi connectivity index (χ2v) is 3.89. The van der Waals surface area contributed by atoms with Crippen molar-refractivity contribution in [2.75, 3.05) is 33.4 Å². The van der Waals surface area contributed by atoms with Gasteiger partial charge < -0.3 is 15.4 Å². The molecule has 0 aromatic rings. The van der Waals surface area contributed by atoms with Gasteiger partial charge in [0.05, 0.1) is 18.9 Å². The third kappa shape index (κ3) is 4.07. The standard InChI is InChI=1S/C11H20N4O2/c1-13-15-5-3-4-11(16)14(2)6-7-17-9-10(15)8-12/h8H,1,3-7,9,12H2,2H3/b10-8-. The Bertz CT molecular complexity index is 304. The van der Waals surface area contributed by atoms with Gasteiger partial charge in [0.2, 0.25) is 5.91 Å². The molecular weight excluding hydrogens is 220 g/mol. The fourth-order valence-corrected chi connectivity index (χ4v) is 1.59. The van der Waals surface area contributed by atoms with Crippen molar-refractivity contribution in [2.45, 2.75) is 12.8 Å². The van der Waals surface area contributed by atoms with E-state index in [1.54, 1.807) is 17.0 Å².